The van der Waals surface area contributed by atoms with Gasteiger partial charge in [-0.05, 0) is 49.4 Å². The van der Waals surface area contributed by atoms with Crippen LogP contribution in [-0.4, -0.2) is 46.5 Å². The Kier molecular flexibility index (Phi) is 4.97. The number of imidazole rings is 1. The highest BCUT2D eigenvalue weighted by Crippen LogP contribution is 2.20. The van der Waals surface area contributed by atoms with Crippen LogP contribution in [0.25, 0.3) is 17.4 Å². The fraction of sp³-hybridized carbons (Fsp3) is 0.211. The predicted octanol–water partition coefficient (Wildman–Crippen LogP) is 3.39. The van der Waals surface area contributed by atoms with Gasteiger partial charge in [-0.2, -0.15) is 5.10 Å². The molecule has 0 aliphatic heterocycles. The lowest BCUT2D eigenvalue weighted by Crippen LogP contribution is -2.18. The van der Waals surface area contributed by atoms with E-state index >= 15 is 0 Å². The molecule has 26 heavy (non-hydrogen) atoms. The lowest BCUT2D eigenvalue weighted by Gasteiger charge is -2.12. The third-order valence-corrected chi connectivity index (χ3v) is 3.95. The average Bonchev–Trinajstić information content (AvgIpc) is 3.04. The van der Waals surface area contributed by atoms with Crippen molar-refractivity contribution in [2.75, 3.05) is 26.5 Å². The van der Waals surface area contributed by atoms with Crippen LogP contribution in [0.15, 0.2) is 47.6 Å². The molecule has 134 valence electrons. The monoisotopic (exact) mass is 352 g/mol. The number of hydrogen-bond acceptors (Lipinski definition) is 4. The Morgan fingerprint density at radius 1 is 1.19 bits per heavy atom. The summed E-state index contributed by atoms with van der Waals surface area (Å²) in [6, 6.07) is 10.0. The summed E-state index contributed by atoms with van der Waals surface area (Å²) in [6.45, 7) is 1.92. The molecule has 0 spiro atoms. The van der Waals surface area contributed by atoms with Crippen LogP contribution in [0.2, 0.25) is 0 Å². The fourth-order valence-corrected chi connectivity index (χ4v) is 2.31. The van der Waals surface area contributed by atoms with E-state index in [4.69, 9.17) is 0 Å². The van der Waals surface area contributed by atoms with Crippen LogP contribution in [0.1, 0.15) is 18.2 Å². The van der Waals surface area contributed by atoms with Crippen LogP contribution in [-0.2, 0) is 0 Å². The lowest BCUT2D eigenvalue weighted by molar-refractivity contribution is 0.619. The number of nitrogens with zero attached hydrogens (tertiary/aromatic N) is 5. The van der Waals surface area contributed by atoms with Crippen LogP contribution < -0.4 is 5.32 Å². The molecule has 0 amide bonds. The van der Waals surface area contributed by atoms with E-state index in [1.165, 1.54) is 12.1 Å². The summed E-state index contributed by atoms with van der Waals surface area (Å²) in [5.74, 6) is 1.31. The highest BCUT2D eigenvalue weighted by atomic mass is 19.1. The van der Waals surface area contributed by atoms with E-state index in [1.54, 1.807) is 16.6 Å². The molecule has 3 rings (SSSR count). The second-order valence-electron chi connectivity index (χ2n) is 6.03. The molecule has 0 bridgehead atoms. The van der Waals surface area contributed by atoms with Gasteiger partial charge in [-0.1, -0.05) is 0 Å². The molecule has 0 saturated heterocycles. The fourth-order valence-electron chi connectivity index (χ4n) is 2.31. The van der Waals surface area contributed by atoms with Crippen LogP contribution in [0, 0.1) is 5.82 Å². The first-order chi connectivity index (χ1) is 12.5. The van der Waals surface area contributed by atoms with Gasteiger partial charge in [-0.25, -0.2) is 18.9 Å². The molecular formula is C19H21FN6. The molecule has 6 nitrogen and oxygen atoms in total. The van der Waals surface area contributed by atoms with E-state index in [2.05, 4.69) is 20.4 Å². The smallest absolute Gasteiger partial charge is 0.156 e. The van der Waals surface area contributed by atoms with Crippen molar-refractivity contribution >= 4 is 29.1 Å². The Balaban J connectivity index is 2.07. The topological polar surface area (TPSA) is 57.8 Å². The zero-order chi connectivity index (χ0) is 18.7. The maximum absolute atomic E-state index is 13.3. The maximum atomic E-state index is 13.3. The minimum absolute atomic E-state index is 0.279. The molecule has 0 unspecified atom stereocenters. The van der Waals surface area contributed by atoms with Crippen molar-refractivity contribution in [3.05, 3.63) is 59.7 Å². The van der Waals surface area contributed by atoms with Gasteiger partial charge in [0.25, 0.3) is 0 Å². The lowest BCUT2D eigenvalue weighted by atomic mass is 10.1. The standard InChI is InChI=1S/C19H21FN6/c1-13(25(3)4)22-17(14-5-7-15(20)8-6-14)11-16-9-10-19-23-18(21-2)12-26(19)24-16/h5-12,21H,1-4H3/b17-11+,22-13?. The molecule has 0 saturated carbocycles. The van der Waals surface area contributed by atoms with Gasteiger partial charge >= 0.3 is 0 Å². The van der Waals surface area contributed by atoms with Gasteiger partial charge in [0.1, 0.15) is 17.5 Å². The number of rotatable bonds is 4. The SMILES string of the molecule is CNc1cn2nc(/C=C(/N=C(C)N(C)C)c3ccc(F)cc3)ccc2n1. The van der Waals surface area contributed by atoms with Crippen LogP contribution in [0.5, 0.6) is 0 Å². The minimum atomic E-state index is -0.279. The minimum Gasteiger partial charge on any atom is -0.372 e. The quantitative estimate of drug-likeness (QED) is 0.578. The Hall–Kier alpha value is -3.22. The van der Waals surface area contributed by atoms with Crippen LogP contribution in [0.4, 0.5) is 10.2 Å². The van der Waals surface area contributed by atoms with Gasteiger partial charge in [0.2, 0.25) is 0 Å². The Labute approximate surface area is 151 Å². The molecular weight excluding hydrogens is 331 g/mol. The Morgan fingerprint density at radius 2 is 1.92 bits per heavy atom. The van der Waals surface area contributed by atoms with Crippen LogP contribution >= 0.6 is 0 Å². The van der Waals surface area contributed by atoms with Crippen molar-refractivity contribution in [3.8, 4) is 0 Å². The van der Waals surface area contributed by atoms with E-state index in [0.717, 1.165) is 28.6 Å². The summed E-state index contributed by atoms with van der Waals surface area (Å²) < 4.78 is 15.0. The Morgan fingerprint density at radius 3 is 2.58 bits per heavy atom. The highest BCUT2D eigenvalue weighted by Gasteiger charge is 2.06. The van der Waals surface area contributed by atoms with Gasteiger partial charge < -0.3 is 10.2 Å². The molecule has 1 aromatic carbocycles. The molecule has 0 aliphatic carbocycles. The summed E-state index contributed by atoms with van der Waals surface area (Å²) >= 11 is 0. The van der Waals surface area contributed by atoms with Gasteiger partial charge in [0, 0.05) is 26.7 Å². The number of halogens is 1. The van der Waals surface area contributed by atoms with Gasteiger partial charge in [0.05, 0.1) is 17.6 Å². The second-order valence-corrected chi connectivity index (χ2v) is 6.03. The molecule has 1 N–H and O–H groups in total. The molecule has 0 fully saturated rings. The molecule has 0 aliphatic rings. The second kappa shape index (κ2) is 7.35. The number of benzene rings is 1. The number of aromatic nitrogens is 3. The van der Waals surface area contributed by atoms with Gasteiger partial charge in [-0.15, -0.1) is 0 Å². The van der Waals surface area contributed by atoms with Crippen molar-refractivity contribution in [3.63, 3.8) is 0 Å². The first kappa shape index (κ1) is 17.6. The van der Waals surface area contributed by atoms with Crippen molar-refractivity contribution in [2.45, 2.75) is 6.92 Å². The zero-order valence-corrected chi connectivity index (χ0v) is 15.2. The molecule has 2 heterocycles. The Bertz CT molecular complexity index is 969. The summed E-state index contributed by atoms with van der Waals surface area (Å²) in [5.41, 5.74) is 3.00. The third kappa shape index (κ3) is 3.88. The van der Waals surface area contributed by atoms with Crippen molar-refractivity contribution in [1.82, 2.24) is 19.5 Å². The molecule has 3 aromatic rings. The first-order valence-corrected chi connectivity index (χ1v) is 8.20. The number of fused-ring (bicyclic) bond motifs is 1. The number of nitrogens with one attached hydrogen (secondary N) is 1. The predicted molar refractivity (Wildman–Crippen MR) is 104 cm³/mol. The van der Waals surface area contributed by atoms with E-state index < -0.39 is 0 Å². The summed E-state index contributed by atoms with van der Waals surface area (Å²) in [5, 5.41) is 7.56. The molecule has 0 atom stereocenters. The molecule has 7 heteroatoms. The number of anilines is 1. The van der Waals surface area contributed by atoms with Crippen molar-refractivity contribution in [2.24, 2.45) is 4.99 Å². The number of hydrogen-bond donors (Lipinski definition) is 1. The summed E-state index contributed by atoms with van der Waals surface area (Å²) in [6.07, 6.45) is 3.69. The molecule has 0 radical (unpaired) electrons. The van der Waals surface area contributed by atoms with E-state index in [0.29, 0.717) is 5.70 Å². The molecule has 2 aromatic heterocycles. The van der Waals surface area contributed by atoms with E-state index in [-0.39, 0.29) is 5.82 Å². The first-order valence-electron chi connectivity index (χ1n) is 8.20. The van der Waals surface area contributed by atoms with E-state index in [9.17, 15) is 4.39 Å². The number of aliphatic imine (C=N–C) groups is 1. The summed E-state index contributed by atoms with van der Waals surface area (Å²) in [4.78, 5) is 11.0. The number of amidine groups is 1. The summed E-state index contributed by atoms with van der Waals surface area (Å²) in [7, 11) is 5.67. The van der Waals surface area contributed by atoms with Crippen molar-refractivity contribution in [1.29, 1.82) is 0 Å². The van der Waals surface area contributed by atoms with Crippen molar-refractivity contribution < 1.29 is 4.39 Å². The van der Waals surface area contributed by atoms with E-state index in [1.807, 2.05) is 57.4 Å². The largest absolute Gasteiger partial charge is 0.372 e. The normalized spacial score (nSPS) is 12.5. The van der Waals surface area contributed by atoms with Gasteiger partial charge in [-0.3, -0.25) is 0 Å². The zero-order valence-electron chi connectivity index (χ0n) is 15.2. The maximum Gasteiger partial charge on any atom is 0.156 e. The third-order valence-electron chi connectivity index (χ3n) is 3.95. The average molecular weight is 352 g/mol. The highest BCUT2D eigenvalue weighted by molar-refractivity contribution is 5.90. The van der Waals surface area contributed by atoms with Crippen LogP contribution in [0.3, 0.4) is 0 Å². The van der Waals surface area contributed by atoms with Gasteiger partial charge in [0.15, 0.2) is 5.65 Å².